The number of rotatable bonds is 4. The quantitative estimate of drug-likeness (QED) is 0.793. The van der Waals surface area contributed by atoms with Crippen molar-refractivity contribution in [3.05, 3.63) is 0 Å². The van der Waals surface area contributed by atoms with E-state index in [1.807, 2.05) is 4.90 Å². The second kappa shape index (κ2) is 4.74. The lowest BCUT2D eigenvalue weighted by molar-refractivity contribution is -0.130. The lowest BCUT2D eigenvalue weighted by Gasteiger charge is -2.32. The Kier molecular flexibility index (Phi) is 3.53. The van der Waals surface area contributed by atoms with Gasteiger partial charge in [-0.05, 0) is 31.1 Å². The molecule has 3 heteroatoms. The molecule has 1 aliphatic heterocycles. The molecule has 92 valence electrons. The molecule has 0 radical (unpaired) electrons. The van der Waals surface area contributed by atoms with Crippen LogP contribution >= 0.6 is 0 Å². The van der Waals surface area contributed by atoms with Gasteiger partial charge in [-0.15, -0.1) is 0 Å². The summed E-state index contributed by atoms with van der Waals surface area (Å²) in [7, 11) is 0. The third-order valence-corrected chi connectivity index (χ3v) is 4.49. The zero-order valence-electron chi connectivity index (χ0n) is 10.6. The van der Waals surface area contributed by atoms with Crippen LogP contribution in [0.4, 0.5) is 0 Å². The van der Waals surface area contributed by atoms with E-state index in [2.05, 4.69) is 19.2 Å². The van der Waals surface area contributed by atoms with Gasteiger partial charge in [-0.3, -0.25) is 10.1 Å². The van der Waals surface area contributed by atoms with E-state index in [9.17, 15) is 4.79 Å². The highest BCUT2D eigenvalue weighted by Crippen LogP contribution is 2.41. The van der Waals surface area contributed by atoms with E-state index in [0.29, 0.717) is 11.3 Å². The summed E-state index contributed by atoms with van der Waals surface area (Å²) in [5, 5.41) is 3.30. The van der Waals surface area contributed by atoms with E-state index in [1.165, 1.54) is 32.1 Å². The van der Waals surface area contributed by atoms with Gasteiger partial charge in [0.25, 0.3) is 0 Å². The van der Waals surface area contributed by atoms with Crippen molar-refractivity contribution in [3.63, 3.8) is 0 Å². The van der Waals surface area contributed by atoms with E-state index in [1.54, 1.807) is 0 Å². The van der Waals surface area contributed by atoms with Crippen molar-refractivity contribution >= 4 is 5.91 Å². The maximum atomic E-state index is 12.0. The highest BCUT2D eigenvalue weighted by Gasteiger charge is 2.38. The molecule has 2 fully saturated rings. The van der Waals surface area contributed by atoms with Crippen molar-refractivity contribution in [1.29, 1.82) is 0 Å². The topological polar surface area (TPSA) is 32.3 Å². The van der Waals surface area contributed by atoms with Crippen LogP contribution < -0.4 is 5.32 Å². The summed E-state index contributed by atoms with van der Waals surface area (Å²) in [6.45, 7) is 6.09. The predicted molar refractivity (Wildman–Crippen MR) is 65.0 cm³/mol. The molecule has 1 amide bonds. The summed E-state index contributed by atoms with van der Waals surface area (Å²) in [6.07, 6.45) is 7.44. The van der Waals surface area contributed by atoms with Gasteiger partial charge in [-0.1, -0.05) is 26.7 Å². The summed E-state index contributed by atoms with van der Waals surface area (Å²) in [5.41, 5.74) is 0.431. The fourth-order valence-electron chi connectivity index (χ4n) is 3.21. The second-order valence-corrected chi connectivity index (χ2v) is 5.42. The highest BCUT2D eigenvalue weighted by atomic mass is 16.2. The van der Waals surface area contributed by atoms with Gasteiger partial charge in [0.1, 0.15) is 0 Å². The van der Waals surface area contributed by atoms with Crippen molar-refractivity contribution < 1.29 is 4.79 Å². The fraction of sp³-hybridized carbons (Fsp3) is 0.923. The van der Waals surface area contributed by atoms with Crippen LogP contribution in [0.3, 0.4) is 0 Å². The van der Waals surface area contributed by atoms with Gasteiger partial charge >= 0.3 is 0 Å². The molecular weight excluding hydrogens is 200 g/mol. The van der Waals surface area contributed by atoms with Gasteiger partial charge in [0.2, 0.25) is 5.91 Å². The number of nitrogens with one attached hydrogen (secondary N) is 1. The smallest absolute Gasteiger partial charge is 0.240 e. The molecule has 1 N–H and O–H groups in total. The minimum atomic E-state index is 0.0790. The molecule has 0 aromatic heterocycles. The van der Waals surface area contributed by atoms with Gasteiger partial charge < -0.3 is 4.90 Å². The first-order valence-corrected chi connectivity index (χ1v) is 6.73. The number of carbonyl (C=O) groups is 1. The molecule has 1 aliphatic carbocycles. The summed E-state index contributed by atoms with van der Waals surface area (Å²) in [4.78, 5) is 14.1. The largest absolute Gasteiger partial charge is 0.328 e. The van der Waals surface area contributed by atoms with Crippen molar-refractivity contribution in [2.75, 3.05) is 13.2 Å². The Morgan fingerprint density at radius 3 is 2.56 bits per heavy atom. The Hall–Kier alpha value is -0.570. The molecule has 3 nitrogen and oxygen atoms in total. The van der Waals surface area contributed by atoms with Crippen LogP contribution in [0.1, 0.15) is 52.4 Å². The van der Waals surface area contributed by atoms with Crippen molar-refractivity contribution in [3.8, 4) is 0 Å². The van der Waals surface area contributed by atoms with Gasteiger partial charge in [0, 0.05) is 6.54 Å². The first-order valence-electron chi connectivity index (χ1n) is 6.73. The van der Waals surface area contributed by atoms with Crippen LogP contribution in [0.25, 0.3) is 0 Å². The maximum Gasteiger partial charge on any atom is 0.240 e. The fourth-order valence-corrected chi connectivity index (χ4v) is 3.21. The van der Waals surface area contributed by atoms with E-state index in [-0.39, 0.29) is 6.04 Å². The Bertz CT molecular complexity index is 259. The Balaban J connectivity index is 1.97. The Labute approximate surface area is 98.6 Å². The van der Waals surface area contributed by atoms with Gasteiger partial charge in [0.05, 0.1) is 12.7 Å². The SMILES string of the molecule is CCC1NCN(CC2(CC)CCCC2)C1=O. The Morgan fingerprint density at radius 2 is 2.06 bits per heavy atom. The van der Waals surface area contributed by atoms with Crippen molar-refractivity contribution in [2.45, 2.75) is 58.4 Å². The molecule has 1 saturated carbocycles. The summed E-state index contributed by atoms with van der Waals surface area (Å²) < 4.78 is 0. The minimum Gasteiger partial charge on any atom is -0.328 e. The molecule has 0 aromatic rings. The third kappa shape index (κ3) is 2.10. The predicted octanol–water partition coefficient (Wildman–Crippen LogP) is 2.12. The van der Waals surface area contributed by atoms with Gasteiger partial charge in [-0.25, -0.2) is 0 Å². The normalized spacial score (nSPS) is 29.0. The maximum absolute atomic E-state index is 12.0. The van der Waals surface area contributed by atoms with Crippen LogP contribution in [-0.4, -0.2) is 30.1 Å². The summed E-state index contributed by atoms with van der Waals surface area (Å²) in [5.74, 6) is 0.322. The molecule has 1 heterocycles. The monoisotopic (exact) mass is 224 g/mol. The standard InChI is InChI=1S/C13H24N2O/c1-3-11-12(16)15(10-14-11)9-13(4-2)7-5-6-8-13/h11,14H,3-10H2,1-2H3. The number of amides is 1. The molecule has 2 rings (SSSR count). The zero-order chi connectivity index (χ0) is 11.6. The molecular formula is C13H24N2O. The average molecular weight is 224 g/mol. The van der Waals surface area contributed by atoms with E-state index < -0.39 is 0 Å². The average Bonchev–Trinajstić information content (AvgIpc) is 2.89. The molecule has 1 atom stereocenters. The third-order valence-electron chi connectivity index (χ3n) is 4.49. The molecule has 0 aromatic carbocycles. The number of hydrogen-bond acceptors (Lipinski definition) is 2. The number of carbonyl (C=O) groups excluding carboxylic acids is 1. The lowest BCUT2D eigenvalue weighted by atomic mass is 9.83. The number of nitrogens with zero attached hydrogens (tertiary/aromatic N) is 1. The molecule has 0 spiro atoms. The van der Waals surface area contributed by atoms with Crippen LogP contribution in [0.5, 0.6) is 0 Å². The first-order chi connectivity index (χ1) is 7.71. The van der Waals surface area contributed by atoms with Gasteiger partial charge in [0.15, 0.2) is 0 Å². The van der Waals surface area contributed by atoms with E-state index in [0.717, 1.165) is 19.6 Å². The zero-order valence-corrected chi connectivity index (χ0v) is 10.6. The highest BCUT2D eigenvalue weighted by molar-refractivity contribution is 5.83. The molecule has 16 heavy (non-hydrogen) atoms. The molecule has 0 bridgehead atoms. The molecule has 2 aliphatic rings. The van der Waals surface area contributed by atoms with Crippen molar-refractivity contribution in [2.24, 2.45) is 5.41 Å². The van der Waals surface area contributed by atoms with Gasteiger partial charge in [-0.2, -0.15) is 0 Å². The summed E-state index contributed by atoms with van der Waals surface area (Å²) in [6, 6.07) is 0.0790. The number of hydrogen-bond donors (Lipinski definition) is 1. The van der Waals surface area contributed by atoms with Crippen LogP contribution in [0.2, 0.25) is 0 Å². The van der Waals surface area contributed by atoms with Crippen LogP contribution in [-0.2, 0) is 4.79 Å². The summed E-state index contributed by atoms with van der Waals surface area (Å²) >= 11 is 0. The minimum absolute atomic E-state index is 0.0790. The molecule has 1 saturated heterocycles. The second-order valence-electron chi connectivity index (χ2n) is 5.42. The van der Waals surface area contributed by atoms with E-state index >= 15 is 0 Å². The van der Waals surface area contributed by atoms with Crippen LogP contribution in [0, 0.1) is 5.41 Å². The lowest BCUT2D eigenvalue weighted by Crippen LogP contribution is -2.38. The Morgan fingerprint density at radius 1 is 1.38 bits per heavy atom. The van der Waals surface area contributed by atoms with Crippen molar-refractivity contribution in [1.82, 2.24) is 10.2 Å². The first kappa shape index (κ1) is 11.9. The molecule has 1 unspecified atom stereocenters. The van der Waals surface area contributed by atoms with Crippen LogP contribution in [0.15, 0.2) is 0 Å². The van der Waals surface area contributed by atoms with E-state index in [4.69, 9.17) is 0 Å².